The minimum absolute atomic E-state index is 0.00495. The van der Waals surface area contributed by atoms with Crippen molar-refractivity contribution >= 4 is 11.4 Å². The number of hydrogen-bond donors (Lipinski definition) is 2. The van der Waals surface area contributed by atoms with Crippen LogP contribution in [0.5, 0.6) is 0 Å². The van der Waals surface area contributed by atoms with Crippen LogP contribution < -0.4 is 11.1 Å². The molecule has 0 fully saturated rings. The van der Waals surface area contributed by atoms with E-state index in [2.05, 4.69) is 10.4 Å². The molecule has 0 bridgehead atoms. The number of nitrogens with one attached hydrogen (secondary N) is 1. The van der Waals surface area contributed by atoms with Crippen molar-refractivity contribution in [1.82, 2.24) is 9.78 Å². The molecule has 4 nitrogen and oxygen atoms in total. The number of nitrogens with zero attached hydrogens (tertiary/aromatic N) is 2. The SMILES string of the molecule is CC(Cn1cccn1)Nc1c(N)ccc(F)c1F. The number of nitrogen functional groups attached to an aromatic ring is 1. The fourth-order valence-corrected chi connectivity index (χ4v) is 1.69. The Hall–Kier alpha value is -2.11. The Kier molecular flexibility index (Phi) is 3.45. The van der Waals surface area contributed by atoms with E-state index in [9.17, 15) is 8.78 Å². The van der Waals surface area contributed by atoms with Crippen molar-refractivity contribution < 1.29 is 8.78 Å². The van der Waals surface area contributed by atoms with E-state index >= 15 is 0 Å². The molecule has 2 aromatic rings. The van der Waals surface area contributed by atoms with Gasteiger partial charge in [-0.15, -0.1) is 0 Å². The molecule has 2 rings (SSSR count). The Morgan fingerprint density at radius 2 is 2.22 bits per heavy atom. The highest BCUT2D eigenvalue weighted by atomic mass is 19.2. The first-order chi connectivity index (χ1) is 8.58. The van der Waals surface area contributed by atoms with Gasteiger partial charge in [0, 0.05) is 18.4 Å². The van der Waals surface area contributed by atoms with Crippen molar-refractivity contribution in [3.05, 3.63) is 42.2 Å². The van der Waals surface area contributed by atoms with Gasteiger partial charge < -0.3 is 11.1 Å². The molecule has 6 heteroatoms. The van der Waals surface area contributed by atoms with E-state index in [0.29, 0.717) is 6.54 Å². The highest BCUT2D eigenvalue weighted by Gasteiger charge is 2.14. The van der Waals surface area contributed by atoms with Crippen molar-refractivity contribution in [2.24, 2.45) is 0 Å². The van der Waals surface area contributed by atoms with Gasteiger partial charge in [-0.3, -0.25) is 4.68 Å². The molecule has 0 radical (unpaired) electrons. The van der Waals surface area contributed by atoms with Crippen LogP contribution in [-0.2, 0) is 6.54 Å². The number of aromatic nitrogens is 2. The van der Waals surface area contributed by atoms with Gasteiger partial charge in [0.25, 0.3) is 0 Å². The lowest BCUT2D eigenvalue weighted by atomic mass is 10.2. The second kappa shape index (κ2) is 5.03. The molecule has 0 aliphatic heterocycles. The molecule has 1 heterocycles. The Labute approximate surface area is 103 Å². The molecular weight excluding hydrogens is 238 g/mol. The fraction of sp³-hybridized carbons (Fsp3) is 0.250. The lowest BCUT2D eigenvalue weighted by Crippen LogP contribution is -2.23. The van der Waals surface area contributed by atoms with Crippen LogP contribution in [0.25, 0.3) is 0 Å². The average Bonchev–Trinajstić information content (AvgIpc) is 2.82. The van der Waals surface area contributed by atoms with Gasteiger partial charge in [-0.25, -0.2) is 8.78 Å². The normalized spacial score (nSPS) is 12.4. The van der Waals surface area contributed by atoms with Crippen LogP contribution in [0, 0.1) is 11.6 Å². The molecule has 0 aliphatic carbocycles. The molecule has 0 saturated carbocycles. The zero-order valence-electron chi connectivity index (χ0n) is 9.90. The van der Waals surface area contributed by atoms with Crippen molar-refractivity contribution in [2.75, 3.05) is 11.1 Å². The zero-order chi connectivity index (χ0) is 13.1. The maximum Gasteiger partial charge on any atom is 0.183 e. The Morgan fingerprint density at radius 1 is 1.44 bits per heavy atom. The van der Waals surface area contributed by atoms with Crippen molar-refractivity contribution in [3.63, 3.8) is 0 Å². The van der Waals surface area contributed by atoms with Gasteiger partial charge in [-0.05, 0) is 25.1 Å². The Balaban J connectivity index is 2.11. The first-order valence-electron chi connectivity index (χ1n) is 5.55. The topological polar surface area (TPSA) is 55.9 Å². The third kappa shape index (κ3) is 2.58. The zero-order valence-corrected chi connectivity index (χ0v) is 9.90. The summed E-state index contributed by atoms with van der Waals surface area (Å²) in [6.07, 6.45) is 3.45. The number of benzene rings is 1. The molecule has 96 valence electrons. The van der Waals surface area contributed by atoms with Crippen molar-refractivity contribution in [3.8, 4) is 0 Å². The summed E-state index contributed by atoms with van der Waals surface area (Å²) in [5, 5.41) is 6.89. The first-order valence-corrected chi connectivity index (χ1v) is 5.55. The number of halogens is 2. The number of hydrogen-bond acceptors (Lipinski definition) is 3. The predicted molar refractivity (Wildman–Crippen MR) is 66.1 cm³/mol. The van der Waals surface area contributed by atoms with Crippen LogP contribution in [0.1, 0.15) is 6.92 Å². The molecule has 0 spiro atoms. The maximum atomic E-state index is 13.6. The monoisotopic (exact) mass is 252 g/mol. The van der Waals surface area contributed by atoms with Crippen LogP contribution in [0.4, 0.5) is 20.2 Å². The maximum absolute atomic E-state index is 13.6. The molecule has 1 aromatic carbocycles. The standard InChI is InChI=1S/C12H14F2N4/c1-8(7-18-6-2-5-16-18)17-12-10(15)4-3-9(13)11(12)14/h2-6,8,17H,7,15H2,1H3. The van der Waals surface area contributed by atoms with Crippen LogP contribution in [0.2, 0.25) is 0 Å². The smallest absolute Gasteiger partial charge is 0.183 e. The first kappa shape index (κ1) is 12.3. The minimum atomic E-state index is -0.956. The third-order valence-corrected chi connectivity index (χ3v) is 2.54. The summed E-state index contributed by atoms with van der Waals surface area (Å²) in [7, 11) is 0. The quantitative estimate of drug-likeness (QED) is 0.820. The summed E-state index contributed by atoms with van der Waals surface area (Å²) in [5.41, 5.74) is 5.80. The van der Waals surface area contributed by atoms with Gasteiger partial charge >= 0.3 is 0 Å². The summed E-state index contributed by atoms with van der Waals surface area (Å²) >= 11 is 0. The minimum Gasteiger partial charge on any atom is -0.397 e. The van der Waals surface area contributed by atoms with E-state index in [1.54, 1.807) is 23.1 Å². The molecule has 1 unspecified atom stereocenters. The summed E-state index contributed by atoms with van der Waals surface area (Å²) in [5.74, 6) is -1.87. The molecule has 0 amide bonds. The van der Waals surface area contributed by atoms with Gasteiger partial charge in [-0.1, -0.05) is 0 Å². The van der Waals surface area contributed by atoms with Crippen LogP contribution in [0.15, 0.2) is 30.6 Å². The summed E-state index contributed by atoms with van der Waals surface area (Å²) in [4.78, 5) is 0. The lowest BCUT2D eigenvalue weighted by molar-refractivity contribution is 0.506. The van der Waals surface area contributed by atoms with Crippen LogP contribution in [-0.4, -0.2) is 15.8 Å². The largest absolute Gasteiger partial charge is 0.397 e. The van der Waals surface area contributed by atoms with Gasteiger partial charge in [-0.2, -0.15) is 5.10 Å². The second-order valence-electron chi connectivity index (χ2n) is 4.10. The van der Waals surface area contributed by atoms with Gasteiger partial charge in [0.2, 0.25) is 0 Å². The molecule has 1 atom stereocenters. The summed E-state index contributed by atoms with van der Waals surface area (Å²) in [6, 6.07) is 4.00. The highest BCUT2D eigenvalue weighted by molar-refractivity contribution is 5.67. The van der Waals surface area contributed by atoms with Crippen LogP contribution in [0.3, 0.4) is 0 Å². The van der Waals surface area contributed by atoms with Crippen molar-refractivity contribution in [2.45, 2.75) is 19.5 Å². The molecule has 0 aliphatic rings. The Morgan fingerprint density at radius 3 is 2.89 bits per heavy atom. The molecule has 0 saturated heterocycles. The predicted octanol–water partition coefficient (Wildman–Crippen LogP) is 2.24. The van der Waals surface area contributed by atoms with Crippen molar-refractivity contribution in [1.29, 1.82) is 0 Å². The van der Waals surface area contributed by atoms with E-state index < -0.39 is 11.6 Å². The molecule has 1 aromatic heterocycles. The van der Waals surface area contributed by atoms with E-state index in [4.69, 9.17) is 5.73 Å². The van der Waals surface area contributed by atoms with Gasteiger partial charge in [0.1, 0.15) is 0 Å². The highest BCUT2D eigenvalue weighted by Crippen LogP contribution is 2.25. The van der Waals surface area contributed by atoms with Gasteiger partial charge in [0.15, 0.2) is 11.6 Å². The number of rotatable bonds is 4. The van der Waals surface area contributed by atoms with Crippen LogP contribution >= 0.6 is 0 Å². The number of nitrogens with two attached hydrogens (primary N) is 1. The van der Waals surface area contributed by atoms with E-state index in [1.165, 1.54) is 6.07 Å². The average molecular weight is 252 g/mol. The van der Waals surface area contributed by atoms with E-state index in [1.807, 2.05) is 6.92 Å². The molecular formula is C12H14F2N4. The number of anilines is 2. The van der Waals surface area contributed by atoms with E-state index in [-0.39, 0.29) is 17.4 Å². The fourth-order valence-electron chi connectivity index (χ4n) is 1.69. The summed E-state index contributed by atoms with van der Waals surface area (Å²) in [6.45, 7) is 2.37. The van der Waals surface area contributed by atoms with Gasteiger partial charge in [0.05, 0.1) is 17.9 Å². The van der Waals surface area contributed by atoms with E-state index in [0.717, 1.165) is 6.07 Å². The lowest BCUT2D eigenvalue weighted by Gasteiger charge is -2.17. The molecule has 18 heavy (non-hydrogen) atoms. The third-order valence-electron chi connectivity index (χ3n) is 2.54. The summed E-state index contributed by atoms with van der Waals surface area (Å²) < 4.78 is 28.4. The second-order valence-corrected chi connectivity index (χ2v) is 4.10. The Bertz CT molecular complexity index is 525. The molecule has 3 N–H and O–H groups in total.